The van der Waals surface area contributed by atoms with Crippen LogP contribution in [-0.4, -0.2) is 53.3 Å². The molecule has 0 radical (unpaired) electrons. The maximum atomic E-state index is 10.6. The van der Waals surface area contributed by atoms with Crippen molar-refractivity contribution in [2.45, 2.75) is 25.9 Å². The van der Waals surface area contributed by atoms with E-state index in [-0.39, 0.29) is 41.2 Å². The van der Waals surface area contributed by atoms with Gasteiger partial charge in [-0.2, -0.15) is 0 Å². The van der Waals surface area contributed by atoms with Crippen molar-refractivity contribution < 1.29 is 22.4 Å². The number of halogens is 1. The zero-order valence-corrected chi connectivity index (χ0v) is 13.2. The van der Waals surface area contributed by atoms with E-state index in [4.69, 9.17) is 8.08 Å². The summed E-state index contributed by atoms with van der Waals surface area (Å²) in [6.45, 7) is 3.34. The first-order valence-corrected chi connectivity index (χ1v) is 5.10. The molecule has 0 aromatic heterocycles. The first kappa shape index (κ1) is 16.5. The molecule has 0 amide bonds. The summed E-state index contributed by atoms with van der Waals surface area (Å²) in [7, 11) is 3.34. The summed E-state index contributed by atoms with van der Waals surface area (Å²) in [6, 6.07) is -0.641. The zero-order chi connectivity index (χ0) is 14.9. The molecular formula is C9H19IN2O4S. The topological polar surface area (TPSA) is 78.9 Å². The van der Waals surface area contributed by atoms with Crippen LogP contribution in [0.1, 0.15) is 16.8 Å². The predicted molar refractivity (Wildman–Crippen MR) is 79.6 cm³/mol. The third-order valence-corrected chi connectivity index (χ3v) is 2.57. The van der Waals surface area contributed by atoms with Crippen molar-refractivity contribution in [3.8, 4) is 0 Å². The highest BCUT2D eigenvalue weighted by molar-refractivity contribution is 14.0. The number of ether oxygens (including phenoxy) is 1. The van der Waals surface area contributed by atoms with Crippen LogP contribution in [0.2, 0.25) is 0 Å². The summed E-state index contributed by atoms with van der Waals surface area (Å²) >= 11 is 4.68. The van der Waals surface area contributed by atoms with Gasteiger partial charge >= 0.3 is 11.9 Å². The number of esters is 1. The number of nitrogens with zero attached hydrogens (tertiary/aromatic N) is 1. The molecule has 1 aliphatic rings. The second-order valence-corrected chi connectivity index (χ2v) is 3.67. The van der Waals surface area contributed by atoms with Crippen LogP contribution in [0.3, 0.4) is 0 Å². The average Bonchev–Trinajstić information content (AvgIpc) is 2.58. The summed E-state index contributed by atoms with van der Waals surface area (Å²) in [5, 5.41) is 11.0. The minimum atomic E-state index is -0.817. The minimum Gasteiger partial charge on any atom is -0.480 e. The molecule has 0 aromatic carbocycles. The average molecular weight is 381 g/mol. The number of hydrogen-bond donors (Lipinski definition) is 2. The van der Waals surface area contributed by atoms with Gasteiger partial charge in [0.1, 0.15) is 12.1 Å². The highest BCUT2D eigenvalue weighted by atomic mass is 127. The molecule has 1 heterocycles. The molecule has 0 aromatic rings. The fourth-order valence-electron chi connectivity index (χ4n) is 0.683. The zero-order valence-electron chi connectivity index (χ0n) is 12.1. The van der Waals surface area contributed by atoms with E-state index in [0.29, 0.717) is 0 Å². The number of carboxylic acid groups (broad SMARTS) is 1. The van der Waals surface area contributed by atoms with E-state index in [0.717, 1.165) is 0 Å². The second-order valence-electron chi connectivity index (χ2n) is 3.32. The van der Waals surface area contributed by atoms with Gasteiger partial charge in [0.2, 0.25) is 0 Å². The Morgan fingerprint density at radius 1 is 1.82 bits per heavy atom. The third-order valence-electron chi connectivity index (χ3n) is 2.20. The summed E-state index contributed by atoms with van der Waals surface area (Å²) < 4.78 is 14.6. The molecule has 0 saturated carbocycles. The molecule has 17 heavy (non-hydrogen) atoms. The lowest BCUT2D eigenvalue weighted by molar-refractivity contribution is -0.139. The predicted octanol–water partition coefficient (Wildman–Crippen LogP) is 0.691. The van der Waals surface area contributed by atoms with Crippen molar-refractivity contribution in [2.24, 2.45) is 0 Å². The first-order chi connectivity index (χ1) is 8.31. The number of nitrogens with one attached hydrogen (secondary N) is 1. The number of carboxylic acids is 1. The molecule has 0 spiro atoms. The Morgan fingerprint density at radius 2 is 2.29 bits per heavy atom. The Bertz CT molecular complexity index is 292. The first-order valence-electron chi connectivity index (χ1n) is 5.69. The summed E-state index contributed by atoms with van der Waals surface area (Å²) in [6.07, 6.45) is 0. The molecule has 1 fully saturated rings. The Kier molecular flexibility index (Phi) is 8.35. The molecular weight excluding hydrogens is 359 g/mol. The molecule has 6 nitrogen and oxygen atoms in total. The van der Waals surface area contributed by atoms with Crippen molar-refractivity contribution in [3.63, 3.8) is 0 Å². The molecule has 0 bridgehead atoms. The Labute approximate surface area is 126 Å². The number of hydrogen-bond acceptors (Lipinski definition) is 5. The van der Waals surface area contributed by atoms with Gasteiger partial charge in [0.05, 0.1) is 0 Å². The molecule has 1 rings (SSSR count). The lowest BCUT2D eigenvalue weighted by Gasteiger charge is -2.08. The van der Waals surface area contributed by atoms with Crippen LogP contribution in [0.5, 0.6) is 0 Å². The highest BCUT2D eigenvalue weighted by Gasteiger charge is 2.31. The van der Waals surface area contributed by atoms with Crippen molar-refractivity contribution in [1.82, 2.24) is 10.2 Å². The lowest BCUT2D eigenvalue weighted by Crippen LogP contribution is -2.29. The van der Waals surface area contributed by atoms with Gasteiger partial charge < -0.3 is 20.1 Å². The van der Waals surface area contributed by atoms with Crippen molar-refractivity contribution >= 4 is 53.3 Å². The normalized spacial score (nSPS) is 20.2. The second kappa shape index (κ2) is 8.59. The maximum absolute atomic E-state index is 10.6. The van der Waals surface area contributed by atoms with Crippen LogP contribution < -0.4 is 5.32 Å². The van der Waals surface area contributed by atoms with Gasteiger partial charge in [-0.25, -0.2) is 4.79 Å². The van der Waals surface area contributed by atoms with E-state index in [9.17, 15) is 9.59 Å². The molecule has 1 aliphatic heterocycles. The summed E-state index contributed by atoms with van der Waals surface area (Å²) in [5.41, 5.74) is 0. The van der Waals surface area contributed by atoms with Crippen LogP contribution in [-0.2, 0) is 14.3 Å². The van der Waals surface area contributed by atoms with E-state index >= 15 is 0 Å². The maximum Gasteiger partial charge on any atom is 0.335 e. The Hall–Kier alpha value is -0.480. The quantitative estimate of drug-likeness (QED) is 0.414. The largest absolute Gasteiger partial charge is 0.480 e. The van der Waals surface area contributed by atoms with E-state index in [1.54, 1.807) is 32.8 Å². The number of aliphatic carboxylic acids is 1. The number of rotatable bonds is 2. The van der Waals surface area contributed by atoms with E-state index < -0.39 is 12.0 Å². The number of thiocarbonyl (C=S) groups is 1. The molecule has 102 valence electrons. The molecule has 1 unspecified atom stereocenters. The molecule has 2 atom stereocenters. The van der Waals surface area contributed by atoms with Crippen molar-refractivity contribution in [1.29, 1.82) is 0 Å². The molecule has 2 N–H and O–H groups in total. The Morgan fingerprint density at radius 3 is 2.35 bits per heavy atom. The van der Waals surface area contributed by atoms with Crippen LogP contribution in [0.4, 0.5) is 0 Å². The molecule has 0 aliphatic carbocycles. The van der Waals surface area contributed by atoms with Crippen molar-refractivity contribution in [3.05, 3.63) is 0 Å². The van der Waals surface area contributed by atoms with E-state index in [1.165, 1.54) is 0 Å². The van der Waals surface area contributed by atoms with Crippen LogP contribution in [0.15, 0.2) is 0 Å². The third kappa shape index (κ3) is 6.13. The van der Waals surface area contributed by atoms with E-state index in [1.807, 2.05) is 0 Å². The fraction of sp³-hybridized carbons (Fsp3) is 0.667. The minimum absolute atomic E-state index is 0. The van der Waals surface area contributed by atoms with Gasteiger partial charge in [-0.1, -0.05) is 0 Å². The van der Waals surface area contributed by atoms with E-state index in [2.05, 4.69) is 22.3 Å². The summed E-state index contributed by atoms with van der Waals surface area (Å²) in [4.78, 5) is 22.1. The molecule has 8 heteroatoms. The van der Waals surface area contributed by atoms with Gasteiger partial charge in [-0.15, -0.1) is 24.0 Å². The lowest BCUT2D eigenvalue weighted by atomic mass is 10.3. The number of carbonyl (C=O) groups excluding carboxylic acids is 1. The van der Waals surface area contributed by atoms with Gasteiger partial charge in [-0.3, -0.25) is 4.79 Å². The van der Waals surface area contributed by atoms with Gasteiger partial charge in [0, 0.05) is 10.0 Å². The number of carbonyl (C=O) groups is 2. The van der Waals surface area contributed by atoms with Crippen LogP contribution in [0, 0.1) is 0 Å². The van der Waals surface area contributed by atoms with Gasteiger partial charge in [-0.05, 0) is 33.1 Å². The monoisotopic (exact) mass is 381 g/mol. The van der Waals surface area contributed by atoms with Gasteiger partial charge in [0.15, 0.2) is 0 Å². The number of likely N-dealkylation sites (N-methyl/N-ethyl adjacent to an activating group) is 2. The van der Waals surface area contributed by atoms with Crippen molar-refractivity contribution in [2.75, 3.05) is 14.1 Å². The Balaban J connectivity index is -0.000000233. The summed E-state index contributed by atoms with van der Waals surface area (Å²) in [5.74, 6) is -1.08. The molecule has 1 saturated heterocycles. The van der Waals surface area contributed by atoms with Gasteiger partial charge in [0.25, 0.3) is 5.17 Å². The fourth-order valence-corrected chi connectivity index (χ4v) is 0.923. The standard InChI is InChI=1S/C5H7NO2S.C4H9NO2.HI.H2/c1-3-4(7)8-5(9)6(3)2;1-3(5-2)4(6)7;;/h3H,1-2H3;3,5H,1-2H3,(H,6,7);2*1H/t;3-;;/m.0../s1/i;;;1+2D. The SMILES string of the molecule is CC1C(=O)OC(=S)N1C.CN[C@@H](C)C(=O)O.I.[2H][3H]. The smallest absolute Gasteiger partial charge is 0.335 e. The highest BCUT2D eigenvalue weighted by Crippen LogP contribution is 2.09. The van der Waals surface area contributed by atoms with Crippen LogP contribution in [0.25, 0.3) is 0 Å². The number of cyclic esters (lactones) is 1. The van der Waals surface area contributed by atoms with Crippen LogP contribution >= 0.6 is 36.2 Å².